The number of benzene rings is 1. The lowest BCUT2D eigenvalue weighted by atomic mass is 10.1. The lowest BCUT2D eigenvalue weighted by Crippen LogP contribution is -1.86. The Morgan fingerprint density at radius 2 is 1.85 bits per heavy atom. The van der Waals surface area contributed by atoms with Crippen molar-refractivity contribution < 1.29 is 4.42 Å². The Morgan fingerprint density at radius 1 is 1.10 bits per heavy atom. The number of fused-ring (bicyclic) bond motifs is 1. The Hall–Kier alpha value is -1.57. The van der Waals surface area contributed by atoms with E-state index >= 15 is 0 Å². The predicted molar refractivity (Wildman–Crippen MR) is 85.0 cm³/mol. The second-order valence-corrected chi connectivity index (χ2v) is 5.53. The summed E-state index contributed by atoms with van der Waals surface area (Å²) in [4.78, 5) is 4.55. The van der Waals surface area contributed by atoms with Crippen LogP contribution in [0.3, 0.4) is 0 Å². The number of hydrogen-bond donors (Lipinski definition) is 0. The molecular weight excluding hydrogens is 246 g/mol. The molecule has 0 radical (unpaired) electrons. The maximum absolute atomic E-state index is 5.76. The number of oxazole rings is 1. The van der Waals surface area contributed by atoms with Crippen molar-refractivity contribution in [1.82, 2.24) is 4.98 Å². The standard InChI is InChI=1S/C18H25NO/c1-3-4-5-6-7-8-9-10-11-18-19-16-14-15(2)12-13-17(16)20-18/h3,12-14H,1,4-11H2,2H3. The lowest BCUT2D eigenvalue weighted by Gasteiger charge is -1.99. The molecule has 2 rings (SSSR count). The van der Waals surface area contributed by atoms with E-state index < -0.39 is 0 Å². The van der Waals surface area contributed by atoms with Gasteiger partial charge in [-0.1, -0.05) is 37.8 Å². The highest BCUT2D eigenvalue weighted by Gasteiger charge is 2.05. The Labute approximate surface area is 121 Å². The molecule has 1 aromatic carbocycles. The molecule has 0 saturated heterocycles. The van der Waals surface area contributed by atoms with Gasteiger partial charge in [0.1, 0.15) is 5.52 Å². The molecule has 0 amide bonds. The minimum absolute atomic E-state index is 0.886. The summed E-state index contributed by atoms with van der Waals surface area (Å²) in [6, 6.07) is 6.17. The zero-order chi connectivity index (χ0) is 14.2. The molecule has 0 unspecified atom stereocenters. The van der Waals surface area contributed by atoms with E-state index in [0.29, 0.717) is 0 Å². The first-order valence-electron chi connectivity index (χ1n) is 7.76. The second-order valence-electron chi connectivity index (χ2n) is 5.53. The molecule has 2 heteroatoms. The van der Waals surface area contributed by atoms with E-state index in [2.05, 4.69) is 30.6 Å². The van der Waals surface area contributed by atoms with Crippen molar-refractivity contribution in [3.63, 3.8) is 0 Å². The largest absolute Gasteiger partial charge is 0.441 e. The SMILES string of the molecule is C=CCCCCCCCCc1nc2cc(C)ccc2o1. The topological polar surface area (TPSA) is 26.0 Å². The molecule has 0 bridgehead atoms. The lowest BCUT2D eigenvalue weighted by molar-refractivity contribution is 0.504. The molecule has 0 spiro atoms. The number of aryl methyl sites for hydroxylation is 2. The van der Waals surface area contributed by atoms with Gasteiger partial charge in [0.25, 0.3) is 0 Å². The van der Waals surface area contributed by atoms with E-state index in [9.17, 15) is 0 Å². The van der Waals surface area contributed by atoms with E-state index in [1.54, 1.807) is 0 Å². The average molecular weight is 271 g/mol. The van der Waals surface area contributed by atoms with Crippen molar-refractivity contribution in [1.29, 1.82) is 0 Å². The minimum Gasteiger partial charge on any atom is -0.441 e. The molecule has 0 aliphatic carbocycles. The van der Waals surface area contributed by atoms with Crippen LogP contribution in [0.4, 0.5) is 0 Å². The summed E-state index contributed by atoms with van der Waals surface area (Å²) in [5.74, 6) is 0.886. The Balaban J connectivity index is 1.67. The van der Waals surface area contributed by atoms with Gasteiger partial charge in [-0.2, -0.15) is 0 Å². The number of allylic oxidation sites excluding steroid dienone is 1. The number of rotatable bonds is 9. The van der Waals surface area contributed by atoms with Crippen LogP contribution in [0, 0.1) is 6.92 Å². The van der Waals surface area contributed by atoms with Gasteiger partial charge < -0.3 is 4.42 Å². The smallest absolute Gasteiger partial charge is 0.195 e. The zero-order valence-corrected chi connectivity index (χ0v) is 12.5. The molecular formula is C18H25NO. The molecule has 2 nitrogen and oxygen atoms in total. The van der Waals surface area contributed by atoms with E-state index in [1.165, 1.54) is 44.1 Å². The van der Waals surface area contributed by atoms with E-state index in [1.807, 2.05) is 12.1 Å². The third-order valence-electron chi connectivity index (χ3n) is 3.64. The fourth-order valence-corrected chi connectivity index (χ4v) is 2.46. The van der Waals surface area contributed by atoms with Crippen LogP contribution < -0.4 is 0 Å². The van der Waals surface area contributed by atoms with Gasteiger partial charge in [-0.3, -0.25) is 0 Å². The maximum atomic E-state index is 5.76. The van der Waals surface area contributed by atoms with Crippen LogP contribution in [0.25, 0.3) is 11.1 Å². The van der Waals surface area contributed by atoms with Gasteiger partial charge in [0, 0.05) is 6.42 Å². The molecule has 1 aromatic heterocycles. The molecule has 108 valence electrons. The summed E-state index contributed by atoms with van der Waals surface area (Å²) in [5, 5.41) is 0. The molecule has 20 heavy (non-hydrogen) atoms. The van der Waals surface area contributed by atoms with Gasteiger partial charge in [-0.25, -0.2) is 4.98 Å². The van der Waals surface area contributed by atoms with Gasteiger partial charge in [0.05, 0.1) is 0 Å². The summed E-state index contributed by atoms with van der Waals surface area (Å²) in [5.41, 5.74) is 3.14. The van der Waals surface area contributed by atoms with Crippen LogP contribution >= 0.6 is 0 Å². The second kappa shape index (κ2) is 7.88. The summed E-state index contributed by atoms with van der Waals surface area (Å²) in [6.07, 6.45) is 11.8. The summed E-state index contributed by atoms with van der Waals surface area (Å²) in [6.45, 7) is 5.83. The van der Waals surface area contributed by atoms with Crippen LogP contribution in [0.1, 0.15) is 56.4 Å². The van der Waals surface area contributed by atoms with Crippen molar-refractivity contribution in [3.05, 3.63) is 42.3 Å². The molecule has 0 atom stereocenters. The predicted octanol–water partition coefficient (Wildman–Crippen LogP) is 5.60. The zero-order valence-electron chi connectivity index (χ0n) is 12.5. The monoisotopic (exact) mass is 271 g/mol. The van der Waals surface area contributed by atoms with Crippen LogP contribution in [-0.4, -0.2) is 4.98 Å². The molecule has 0 aliphatic rings. The molecule has 0 saturated carbocycles. The van der Waals surface area contributed by atoms with Crippen molar-refractivity contribution >= 4 is 11.1 Å². The van der Waals surface area contributed by atoms with Crippen molar-refractivity contribution in [2.45, 2.75) is 58.3 Å². The highest BCUT2D eigenvalue weighted by atomic mass is 16.3. The fraction of sp³-hybridized carbons (Fsp3) is 0.500. The molecule has 0 N–H and O–H groups in total. The molecule has 1 heterocycles. The fourth-order valence-electron chi connectivity index (χ4n) is 2.46. The Kier molecular flexibility index (Phi) is 5.85. The van der Waals surface area contributed by atoms with Gasteiger partial charge in [-0.05, 0) is 43.9 Å². The van der Waals surface area contributed by atoms with E-state index in [0.717, 1.165) is 29.8 Å². The quantitative estimate of drug-likeness (QED) is 0.438. The third-order valence-corrected chi connectivity index (χ3v) is 3.64. The van der Waals surface area contributed by atoms with Crippen LogP contribution in [0.15, 0.2) is 35.3 Å². The van der Waals surface area contributed by atoms with Crippen LogP contribution in [0.5, 0.6) is 0 Å². The van der Waals surface area contributed by atoms with Gasteiger partial charge >= 0.3 is 0 Å². The van der Waals surface area contributed by atoms with Gasteiger partial charge in [0.15, 0.2) is 11.5 Å². The number of aromatic nitrogens is 1. The molecule has 0 aliphatic heterocycles. The van der Waals surface area contributed by atoms with Gasteiger partial charge in [-0.15, -0.1) is 6.58 Å². The maximum Gasteiger partial charge on any atom is 0.195 e. The minimum atomic E-state index is 0.886. The van der Waals surface area contributed by atoms with Crippen LogP contribution in [0.2, 0.25) is 0 Å². The number of hydrogen-bond acceptors (Lipinski definition) is 2. The third kappa shape index (κ3) is 4.52. The first kappa shape index (κ1) is 14.8. The highest BCUT2D eigenvalue weighted by molar-refractivity contribution is 5.73. The number of unbranched alkanes of at least 4 members (excludes halogenated alkanes) is 6. The normalized spacial score (nSPS) is 11.1. The first-order chi connectivity index (χ1) is 9.79. The summed E-state index contributed by atoms with van der Waals surface area (Å²) < 4.78 is 5.76. The Bertz CT molecular complexity index is 541. The van der Waals surface area contributed by atoms with E-state index in [-0.39, 0.29) is 0 Å². The number of nitrogens with zero attached hydrogens (tertiary/aromatic N) is 1. The summed E-state index contributed by atoms with van der Waals surface area (Å²) in [7, 11) is 0. The van der Waals surface area contributed by atoms with E-state index in [4.69, 9.17) is 4.42 Å². The molecule has 0 fully saturated rings. The Morgan fingerprint density at radius 3 is 2.65 bits per heavy atom. The van der Waals surface area contributed by atoms with Crippen LogP contribution in [-0.2, 0) is 6.42 Å². The average Bonchev–Trinajstić information content (AvgIpc) is 2.83. The molecule has 2 aromatic rings. The highest BCUT2D eigenvalue weighted by Crippen LogP contribution is 2.18. The van der Waals surface area contributed by atoms with Crippen molar-refractivity contribution in [3.8, 4) is 0 Å². The van der Waals surface area contributed by atoms with Crippen molar-refractivity contribution in [2.24, 2.45) is 0 Å². The van der Waals surface area contributed by atoms with Crippen molar-refractivity contribution in [2.75, 3.05) is 0 Å². The summed E-state index contributed by atoms with van der Waals surface area (Å²) >= 11 is 0. The van der Waals surface area contributed by atoms with Gasteiger partial charge in [0.2, 0.25) is 0 Å². The first-order valence-corrected chi connectivity index (χ1v) is 7.76.